The number of nitrogens with zero attached hydrogens (tertiary/aromatic N) is 1. The Labute approximate surface area is 292 Å². The van der Waals surface area contributed by atoms with Crippen molar-refractivity contribution >= 4 is 90.9 Å². The molecule has 0 aliphatic rings. The van der Waals surface area contributed by atoms with Gasteiger partial charge in [-0.3, -0.25) is 0 Å². The molecule has 10 aromatic rings. The molecule has 1 nitrogen and oxygen atoms in total. The molecule has 0 saturated carbocycles. The number of rotatable bonds is 5. The summed E-state index contributed by atoms with van der Waals surface area (Å²) < 4.78 is 5.28. The van der Waals surface area contributed by atoms with E-state index in [4.69, 9.17) is 0 Å². The van der Waals surface area contributed by atoms with Crippen molar-refractivity contribution in [2.24, 2.45) is 0 Å². The van der Waals surface area contributed by atoms with Crippen LogP contribution in [-0.2, 0) is 0 Å². The molecule has 2 aromatic heterocycles. The average molecular weight is 660 g/mol. The molecule has 8 aromatic carbocycles. The molecular weight excluding hydrogens is 631 g/mol. The van der Waals surface area contributed by atoms with Crippen molar-refractivity contribution in [2.75, 3.05) is 4.90 Å². The third kappa shape index (κ3) is 4.74. The van der Waals surface area contributed by atoms with Crippen LogP contribution in [0.15, 0.2) is 176 Å². The molecule has 0 unspecified atom stereocenters. The van der Waals surface area contributed by atoms with Crippen molar-refractivity contribution in [2.45, 2.75) is 0 Å². The fourth-order valence-electron chi connectivity index (χ4n) is 7.38. The fraction of sp³-hybridized carbons (Fsp3) is 0. The molecule has 230 valence electrons. The molecule has 0 aliphatic heterocycles. The van der Waals surface area contributed by atoms with E-state index in [1.165, 1.54) is 73.4 Å². The van der Waals surface area contributed by atoms with Gasteiger partial charge in [0.2, 0.25) is 0 Å². The molecular formula is C46H29NS2. The standard InChI is InChI=1S/C46H29NS2/c1-2-17-36-30(11-1)12-9-20-37(36)31-13-7-15-33(27-31)47(35-25-26-45-42(29-35)40-19-4-5-23-43(40)48-45)34-16-8-14-32(28-34)38-21-10-22-41-39-18-3-6-24-44(39)49-46(38)41/h1-29H. The maximum atomic E-state index is 2.43. The van der Waals surface area contributed by atoms with Crippen LogP contribution < -0.4 is 4.90 Å². The van der Waals surface area contributed by atoms with E-state index >= 15 is 0 Å². The molecule has 10 rings (SSSR count). The van der Waals surface area contributed by atoms with Gasteiger partial charge < -0.3 is 4.90 Å². The van der Waals surface area contributed by atoms with Crippen LogP contribution in [0.1, 0.15) is 0 Å². The summed E-state index contributed by atoms with van der Waals surface area (Å²) >= 11 is 3.74. The number of anilines is 3. The highest BCUT2D eigenvalue weighted by Gasteiger charge is 2.18. The summed E-state index contributed by atoms with van der Waals surface area (Å²) in [7, 11) is 0. The molecule has 2 heterocycles. The van der Waals surface area contributed by atoms with Gasteiger partial charge in [-0.2, -0.15) is 0 Å². The van der Waals surface area contributed by atoms with Gasteiger partial charge in [-0.25, -0.2) is 0 Å². The summed E-state index contributed by atoms with van der Waals surface area (Å²) in [6.07, 6.45) is 0. The summed E-state index contributed by atoms with van der Waals surface area (Å²) in [5, 5.41) is 7.75. The quantitative estimate of drug-likeness (QED) is 0.178. The number of thiophene rings is 2. The molecule has 0 spiro atoms. The van der Waals surface area contributed by atoms with Gasteiger partial charge in [-0.15, -0.1) is 22.7 Å². The predicted molar refractivity (Wildman–Crippen MR) is 215 cm³/mol. The maximum Gasteiger partial charge on any atom is 0.0468 e. The van der Waals surface area contributed by atoms with Gasteiger partial charge >= 0.3 is 0 Å². The normalized spacial score (nSPS) is 11.7. The van der Waals surface area contributed by atoms with Crippen LogP contribution in [0.4, 0.5) is 17.1 Å². The van der Waals surface area contributed by atoms with Gasteiger partial charge in [0.05, 0.1) is 0 Å². The first-order valence-electron chi connectivity index (χ1n) is 16.6. The highest BCUT2D eigenvalue weighted by Crippen LogP contribution is 2.44. The lowest BCUT2D eigenvalue weighted by Gasteiger charge is -2.27. The van der Waals surface area contributed by atoms with E-state index in [-0.39, 0.29) is 0 Å². The van der Waals surface area contributed by atoms with Gasteiger partial charge in [0.15, 0.2) is 0 Å². The van der Waals surface area contributed by atoms with Crippen LogP contribution in [0.2, 0.25) is 0 Å². The second-order valence-electron chi connectivity index (χ2n) is 12.5. The van der Waals surface area contributed by atoms with Crippen molar-refractivity contribution in [3.05, 3.63) is 176 Å². The van der Waals surface area contributed by atoms with Crippen molar-refractivity contribution in [3.63, 3.8) is 0 Å². The van der Waals surface area contributed by atoms with E-state index in [1.54, 1.807) is 0 Å². The highest BCUT2D eigenvalue weighted by molar-refractivity contribution is 7.26. The third-order valence-corrected chi connectivity index (χ3v) is 12.0. The Kier molecular flexibility index (Phi) is 6.61. The van der Waals surface area contributed by atoms with E-state index in [1.807, 2.05) is 22.7 Å². The first kappa shape index (κ1) is 28.3. The lowest BCUT2D eigenvalue weighted by Crippen LogP contribution is -2.10. The van der Waals surface area contributed by atoms with Gasteiger partial charge in [0.1, 0.15) is 0 Å². The van der Waals surface area contributed by atoms with E-state index in [2.05, 4.69) is 181 Å². The van der Waals surface area contributed by atoms with Crippen molar-refractivity contribution in [1.29, 1.82) is 0 Å². The van der Waals surface area contributed by atoms with E-state index in [9.17, 15) is 0 Å². The van der Waals surface area contributed by atoms with Gasteiger partial charge in [-0.1, -0.05) is 121 Å². The summed E-state index contributed by atoms with van der Waals surface area (Å²) in [5.41, 5.74) is 8.32. The second-order valence-corrected chi connectivity index (χ2v) is 14.7. The first-order chi connectivity index (χ1) is 24.3. The zero-order valence-electron chi connectivity index (χ0n) is 26.5. The molecule has 0 radical (unpaired) electrons. The van der Waals surface area contributed by atoms with E-state index in [0.29, 0.717) is 0 Å². The van der Waals surface area contributed by atoms with Crippen LogP contribution in [-0.4, -0.2) is 0 Å². The molecule has 49 heavy (non-hydrogen) atoms. The fourth-order valence-corrected chi connectivity index (χ4v) is 9.70. The first-order valence-corrected chi connectivity index (χ1v) is 18.2. The van der Waals surface area contributed by atoms with Gasteiger partial charge in [0, 0.05) is 57.4 Å². The highest BCUT2D eigenvalue weighted by atomic mass is 32.1. The lowest BCUT2D eigenvalue weighted by molar-refractivity contribution is 1.29. The number of hydrogen-bond donors (Lipinski definition) is 0. The molecule has 0 aliphatic carbocycles. The third-order valence-electron chi connectivity index (χ3n) is 9.64. The average Bonchev–Trinajstić information content (AvgIpc) is 3.73. The predicted octanol–water partition coefficient (Wildman–Crippen LogP) is 14.4. The van der Waals surface area contributed by atoms with Crippen LogP contribution in [0.25, 0.3) is 73.4 Å². The van der Waals surface area contributed by atoms with Gasteiger partial charge in [0.25, 0.3) is 0 Å². The maximum absolute atomic E-state index is 2.43. The summed E-state index contributed by atoms with van der Waals surface area (Å²) in [5.74, 6) is 0. The van der Waals surface area contributed by atoms with Crippen LogP contribution in [0.5, 0.6) is 0 Å². The SMILES string of the molecule is c1cc(-c2cccc3ccccc23)cc(N(c2cccc(-c3cccc4c3sc3ccccc34)c2)c2ccc3sc4ccccc4c3c2)c1. The van der Waals surface area contributed by atoms with Gasteiger partial charge in [-0.05, 0) is 87.6 Å². The molecule has 0 fully saturated rings. The molecule has 0 N–H and O–H groups in total. The largest absolute Gasteiger partial charge is 0.310 e. The van der Waals surface area contributed by atoms with E-state index < -0.39 is 0 Å². The smallest absolute Gasteiger partial charge is 0.0468 e. The van der Waals surface area contributed by atoms with Crippen LogP contribution >= 0.6 is 22.7 Å². The Hall–Kier alpha value is -5.74. The minimum absolute atomic E-state index is 1.13. The lowest BCUT2D eigenvalue weighted by atomic mass is 9.97. The Morgan fingerprint density at radius 3 is 1.65 bits per heavy atom. The number of hydrogen-bond acceptors (Lipinski definition) is 3. The molecule has 3 heteroatoms. The summed E-state index contributed by atoms with van der Waals surface area (Å²) in [4.78, 5) is 2.43. The number of benzene rings is 8. The molecule has 0 amide bonds. The van der Waals surface area contributed by atoms with Crippen LogP contribution in [0.3, 0.4) is 0 Å². The summed E-state index contributed by atoms with van der Waals surface area (Å²) in [6, 6.07) is 64.5. The van der Waals surface area contributed by atoms with E-state index in [0.717, 1.165) is 17.1 Å². The molecule has 0 bridgehead atoms. The zero-order chi connectivity index (χ0) is 32.3. The Morgan fingerprint density at radius 2 is 0.857 bits per heavy atom. The minimum Gasteiger partial charge on any atom is -0.310 e. The minimum atomic E-state index is 1.13. The van der Waals surface area contributed by atoms with Crippen molar-refractivity contribution in [3.8, 4) is 22.3 Å². The van der Waals surface area contributed by atoms with Crippen molar-refractivity contribution < 1.29 is 0 Å². The Morgan fingerprint density at radius 1 is 0.327 bits per heavy atom. The Bertz CT molecular complexity index is 2850. The van der Waals surface area contributed by atoms with Crippen LogP contribution in [0, 0.1) is 0 Å². The monoisotopic (exact) mass is 659 g/mol. The topological polar surface area (TPSA) is 3.24 Å². The molecule has 0 atom stereocenters. The zero-order valence-corrected chi connectivity index (χ0v) is 28.1. The van der Waals surface area contributed by atoms with Crippen molar-refractivity contribution in [1.82, 2.24) is 0 Å². The second kappa shape index (κ2) is 11.5. The summed E-state index contributed by atoms with van der Waals surface area (Å²) in [6.45, 7) is 0. The number of fused-ring (bicyclic) bond motifs is 7. The Balaban J connectivity index is 1.18. The molecule has 0 saturated heterocycles.